The Hall–Kier alpha value is -1.35. The number of nitrogens with zero attached hydrogens (tertiary/aromatic N) is 1. The van der Waals surface area contributed by atoms with E-state index in [1.54, 1.807) is 0 Å². The Bertz CT molecular complexity index is 414. The van der Waals surface area contributed by atoms with Gasteiger partial charge in [0.15, 0.2) is 0 Å². The van der Waals surface area contributed by atoms with E-state index in [1.165, 1.54) is 11.1 Å². The summed E-state index contributed by atoms with van der Waals surface area (Å²) < 4.78 is 0. The average molecular weight is 277 g/mol. The smallest absolute Gasteiger partial charge is 0.304 e. The Kier molecular flexibility index (Phi) is 6.73. The Morgan fingerprint density at radius 3 is 2.20 bits per heavy atom. The Labute approximate surface area is 122 Å². The first kappa shape index (κ1) is 16.7. The van der Waals surface area contributed by atoms with Crippen molar-refractivity contribution in [1.29, 1.82) is 0 Å². The van der Waals surface area contributed by atoms with Crippen molar-refractivity contribution in [3.63, 3.8) is 0 Å². The molecule has 0 aliphatic carbocycles. The summed E-state index contributed by atoms with van der Waals surface area (Å²) in [6.45, 7) is 9.28. The van der Waals surface area contributed by atoms with Crippen molar-refractivity contribution in [3.05, 3.63) is 35.4 Å². The lowest BCUT2D eigenvalue weighted by atomic mass is 9.98. The van der Waals surface area contributed by atoms with Gasteiger partial charge in [-0.15, -0.1) is 0 Å². The number of rotatable bonds is 8. The minimum absolute atomic E-state index is 0.0494. The Morgan fingerprint density at radius 1 is 1.20 bits per heavy atom. The van der Waals surface area contributed by atoms with Crippen LogP contribution in [-0.2, 0) is 11.2 Å². The summed E-state index contributed by atoms with van der Waals surface area (Å²) in [4.78, 5) is 13.2. The quantitative estimate of drug-likeness (QED) is 0.783. The largest absolute Gasteiger partial charge is 0.481 e. The second-order valence-corrected chi connectivity index (χ2v) is 5.30. The van der Waals surface area contributed by atoms with Crippen molar-refractivity contribution in [3.8, 4) is 0 Å². The van der Waals surface area contributed by atoms with Gasteiger partial charge >= 0.3 is 5.97 Å². The van der Waals surface area contributed by atoms with Gasteiger partial charge < -0.3 is 5.11 Å². The van der Waals surface area contributed by atoms with Gasteiger partial charge in [-0.1, -0.05) is 45.0 Å². The molecule has 3 heteroatoms. The average Bonchev–Trinajstić information content (AvgIpc) is 2.43. The SMILES string of the molecule is CCc1ccc(C(CC)N(CC)C(C)CC(=O)O)cc1. The summed E-state index contributed by atoms with van der Waals surface area (Å²) in [5.74, 6) is -0.730. The first-order valence-corrected chi connectivity index (χ1v) is 7.59. The molecule has 0 fully saturated rings. The Morgan fingerprint density at radius 2 is 1.80 bits per heavy atom. The topological polar surface area (TPSA) is 40.5 Å². The van der Waals surface area contributed by atoms with Crippen LogP contribution in [0.1, 0.15) is 57.7 Å². The molecule has 0 bridgehead atoms. The molecule has 0 saturated carbocycles. The molecule has 1 N–H and O–H groups in total. The van der Waals surface area contributed by atoms with Gasteiger partial charge in [-0.05, 0) is 37.4 Å². The van der Waals surface area contributed by atoms with E-state index >= 15 is 0 Å². The van der Waals surface area contributed by atoms with E-state index in [4.69, 9.17) is 5.11 Å². The summed E-state index contributed by atoms with van der Waals surface area (Å²) in [6.07, 6.45) is 2.23. The molecule has 112 valence electrons. The number of carboxylic acid groups (broad SMARTS) is 1. The highest BCUT2D eigenvalue weighted by molar-refractivity contribution is 5.67. The second kappa shape index (κ2) is 8.05. The van der Waals surface area contributed by atoms with Crippen LogP contribution in [0, 0.1) is 0 Å². The van der Waals surface area contributed by atoms with Crippen molar-refractivity contribution in [2.45, 2.75) is 59.0 Å². The van der Waals surface area contributed by atoms with Crippen LogP contribution < -0.4 is 0 Å². The van der Waals surface area contributed by atoms with Crippen LogP contribution in [0.25, 0.3) is 0 Å². The third kappa shape index (κ3) is 4.34. The van der Waals surface area contributed by atoms with Gasteiger partial charge in [-0.25, -0.2) is 0 Å². The van der Waals surface area contributed by atoms with Crippen LogP contribution in [0.15, 0.2) is 24.3 Å². The summed E-state index contributed by atoms with van der Waals surface area (Å²) in [5, 5.41) is 8.99. The molecule has 0 saturated heterocycles. The first-order valence-electron chi connectivity index (χ1n) is 7.59. The lowest BCUT2D eigenvalue weighted by molar-refractivity contribution is -0.138. The molecule has 2 atom stereocenters. The fraction of sp³-hybridized carbons (Fsp3) is 0.588. The van der Waals surface area contributed by atoms with E-state index in [0.717, 1.165) is 19.4 Å². The molecule has 0 aliphatic rings. The maximum atomic E-state index is 10.9. The zero-order valence-electron chi connectivity index (χ0n) is 13.1. The van der Waals surface area contributed by atoms with Crippen molar-refractivity contribution in [2.75, 3.05) is 6.54 Å². The van der Waals surface area contributed by atoms with Gasteiger partial charge in [0, 0.05) is 12.1 Å². The molecule has 1 rings (SSSR count). The van der Waals surface area contributed by atoms with E-state index in [0.29, 0.717) is 6.04 Å². The molecule has 0 aliphatic heterocycles. The zero-order chi connectivity index (χ0) is 15.1. The Balaban J connectivity index is 2.92. The predicted octanol–water partition coefficient (Wildman–Crippen LogP) is 3.89. The fourth-order valence-electron chi connectivity index (χ4n) is 2.85. The molecule has 1 aromatic carbocycles. The predicted molar refractivity (Wildman–Crippen MR) is 82.9 cm³/mol. The van der Waals surface area contributed by atoms with E-state index in [1.807, 2.05) is 6.92 Å². The lowest BCUT2D eigenvalue weighted by Gasteiger charge is -2.35. The zero-order valence-corrected chi connectivity index (χ0v) is 13.1. The second-order valence-electron chi connectivity index (χ2n) is 5.30. The van der Waals surface area contributed by atoms with Crippen molar-refractivity contribution in [1.82, 2.24) is 4.90 Å². The van der Waals surface area contributed by atoms with Crippen molar-refractivity contribution < 1.29 is 9.90 Å². The highest BCUT2D eigenvalue weighted by Crippen LogP contribution is 2.27. The van der Waals surface area contributed by atoms with Gasteiger partial charge in [-0.3, -0.25) is 9.69 Å². The number of benzene rings is 1. The van der Waals surface area contributed by atoms with Crippen LogP contribution >= 0.6 is 0 Å². The summed E-state index contributed by atoms with van der Waals surface area (Å²) in [6, 6.07) is 9.06. The molecule has 2 unspecified atom stereocenters. The molecular formula is C17H27NO2. The van der Waals surface area contributed by atoms with Crippen LogP contribution in [0.3, 0.4) is 0 Å². The van der Waals surface area contributed by atoms with Gasteiger partial charge in [0.2, 0.25) is 0 Å². The third-order valence-corrected chi connectivity index (χ3v) is 3.96. The minimum Gasteiger partial charge on any atom is -0.481 e. The highest BCUT2D eigenvalue weighted by atomic mass is 16.4. The van der Waals surface area contributed by atoms with Crippen LogP contribution in [-0.4, -0.2) is 28.6 Å². The molecular weight excluding hydrogens is 250 g/mol. The summed E-state index contributed by atoms with van der Waals surface area (Å²) >= 11 is 0. The number of hydrogen-bond acceptors (Lipinski definition) is 2. The number of carbonyl (C=O) groups is 1. The monoisotopic (exact) mass is 277 g/mol. The lowest BCUT2D eigenvalue weighted by Crippen LogP contribution is -2.37. The first-order chi connectivity index (χ1) is 9.53. The molecule has 0 spiro atoms. The molecule has 0 amide bonds. The van der Waals surface area contributed by atoms with E-state index in [2.05, 4.69) is 49.9 Å². The fourth-order valence-corrected chi connectivity index (χ4v) is 2.85. The van der Waals surface area contributed by atoms with Gasteiger partial charge in [0.05, 0.1) is 6.42 Å². The number of aryl methyl sites for hydroxylation is 1. The van der Waals surface area contributed by atoms with Crippen LogP contribution in [0.4, 0.5) is 0 Å². The number of aliphatic carboxylic acids is 1. The normalized spacial score (nSPS) is 14.2. The van der Waals surface area contributed by atoms with Gasteiger partial charge in [0.1, 0.15) is 0 Å². The van der Waals surface area contributed by atoms with Crippen molar-refractivity contribution in [2.24, 2.45) is 0 Å². The maximum absolute atomic E-state index is 10.9. The highest BCUT2D eigenvalue weighted by Gasteiger charge is 2.23. The molecule has 0 radical (unpaired) electrons. The maximum Gasteiger partial charge on any atom is 0.304 e. The minimum atomic E-state index is -0.730. The van der Waals surface area contributed by atoms with Crippen LogP contribution in [0.2, 0.25) is 0 Å². The molecule has 3 nitrogen and oxygen atoms in total. The molecule has 20 heavy (non-hydrogen) atoms. The van der Waals surface area contributed by atoms with E-state index < -0.39 is 5.97 Å². The van der Waals surface area contributed by atoms with Crippen molar-refractivity contribution >= 4 is 5.97 Å². The van der Waals surface area contributed by atoms with Crippen LogP contribution in [0.5, 0.6) is 0 Å². The summed E-state index contributed by atoms with van der Waals surface area (Å²) in [5.41, 5.74) is 2.62. The van der Waals surface area contributed by atoms with Gasteiger partial charge in [0.25, 0.3) is 0 Å². The molecule has 0 aromatic heterocycles. The molecule has 0 heterocycles. The van der Waals surface area contributed by atoms with Gasteiger partial charge in [-0.2, -0.15) is 0 Å². The van der Waals surface area contributed by atoms with E-state index in [-0.39, 0.29) is 12.5 Å². The summed E-state index contributed by atoms with van der Waals surface area (Å²) in [7, 11) is 0. The van der Waals surface area contributed by atoms with E-state index in [9.17, 15) is 4.79 Å². The number of carboxylic acids is 1. The number of hydrogen-bond donors (Lipinski definition) is 1. The molecule has 1 aromatic rings. The third-order valence-electron chi connectivity index (χ3n) is 3.96. The standard InChI is InChI=1S/C17H27NO2/c1-5-14-8-10-15(11-9-14)16(6-2)18(7-3)13(4)12-17(19)20/h8-11,13,16H,5-7,12H2,1-4H3,(H,19,20).